The largest absolute Gasteiger partial charge is 0.497 e. The van der Waals surface area contributed by atoms with Gasteiger partial charge in [0.05, 0.1) is 12.8 Å². The van der Waals surface area contributed by atoms with Crippen molar-refractivity contribution >= 4 is 11.6 Å². The topological polar surface area (TPSA) is 79.9 Å². The number of methoxy groups -OCH3 is 1. The van der Waals surface area contributed by atoms with Crippen LogP contribution in [0, 0.1) is 0 Å². The fraction of sp³-hybridized carbons (Fsp3) is 0.0625. The number of rotatable bonds is 4. The molecule has 2 aromatic heterocycles. The summed E-state index contributed by atoms with van der Waals surface area (Å²) in [5, 5.41) is 9.68. The number of carbonyl (C=O) groups excluding carboxylic acids is 1. The molecule has 3 aromatic rings. The number of hydrogen-bond donors (Lipinski definition) is 2. The van der Waals surface area contributed by atoms with Gasteiger partial charge in [-0.15, -0.1) is 0 Å². The first kappa shape index (κ1) is 13.8. The summed E-state index contributed by atoms with van der Waals surface area (Å²) in [4.78, 5) is 16.1. The fourth-order valence-electron chi connectivity index (χ4n) is 1.98. The average molecular weight is 294 g/mol. The van der Waals surface area contributed by atoms with Crippen LogP contribution in [-0.4, -0.2) is 28.2 Å². The SMILES string of the molecule is COc1ccc(NC(=O)c2cc(-c3ccncc3)n[nH]2)cc1. The molecule has 0 aliphatic carbocycles. The normalized spacial score (nSPS) is 10.2. The van der Waals surface area contributed by atoms with Gasteiger partial charge in [0.15, 0.2) is 0 Å². The van der Waals surface area contributed by atoms with Gasteiger partial charge < -0.3 is 10.1 Å². The highest BCUT2D eigenvalue weighted by Gasteiger charge is 2.11. The summed E-state index contributed by atoms with van der Waals surface area (Å²) in [6, 6.07) is 12.5. The molecule has 0 unspecified atom stereocenters. The van der Waals surface area contributed by atoms with Gasteiger partial charge in [-0.05, 0) is 42.5 Å². The van der Waals surface area contributed by atoms with Crippen molar-refractivity contribution < 1.29 is 9.53 Å². The van der Waals surface area contributed by atoms with E-state index >= 15 is 0 Å². The number of nitrogens with one attached hydrogen (secondary N) is 2. The van der Waals surface area contributed by atoms with Crippen molar-refractivity contribution in [2.45, 2.75) is 0 Å². The molecule has 0 spiro atoms. The van der Waals surface area contributed by atoms with Crippen molar-refractivity contribution in [2.75, 3.05) is 12.4 Å². The number of anilines is 1. The highest BCUT2D eigenvalue weighted by atomic mass is 16.5. The molecule has 0 aliphatic rings. The van der Waals surface area contributed by atoms with Crippen LogP contribution in [0.5, 0.6) is 5.75 Å². The molecule has 0 saturated carbocycles. The van der Waals surface area contributed by atoms with Gasteiger partial charge in [-0.1, -0.05) is 0 Å². The Morgan fingerprint density at radius 1 is 1.14 bits per heavy atom. The van der Waals surface area contributed by atoms with Gasteiger partial charge in [-0.2, -0.15) is 5.10 Å². The van der Waals surface area contributed by atoms with E-state index in [9.17, 15) is 4.79 Å². The number of ether oxygens (including phenoxy) is 1. The molecular formula is C16H14N4O2. The zero-order valence-corrected chi connectivity index (χ0v) is 11.9. The highest BCUT2D eigenvalue weighted by molar-refractivity contribution is 6.03. The standard InChI is InChI=1S/C16H14N4O2/c1-22-13-4-2-12(3-5-13)18-16(21)15-10-14(19-20-15)11-6-8-17-9-7-11/h2-10H,1H3,(H,18,21)(H,19,20). The van der Waals surface area contributed by atoms with Crippen LogP contribution >= 0.6 is 0 Å². The van der Waals surface area contributed by atoms with E-state index in [1.165, 1.54) is 0 Å². The Labute approximate surface area is 127 Å². The smallest absolute Gasteiger partial charge is 0.273 e. The van der Waals surface area contributed by atoms with Crippen molar-refractivity contribution in [3.8, 4) is 17.0 Å². The average Bonchev–Trinajstić information content (AvgIpc) is 3.06. The number of H-pyrrole nitrogens is 1. The van der Waals surface area contributed by atoms with Crippen molar-refractivity contribution in [1.82, 2.24) is 15.2 Å². The molecule has 6 heteroatoms. The Kier molecular flexibility index (Phi) is 3.82. The maximum Gasteiger partial charge on any atom is 0.273 e. The van der Waals surface area contributed by atoms with Crippen LogP contribution in [-0.2, 0) is 0 Å². The molecule has 2 heterocycles. The summed E-state index contributed by atoms with van der Waals surface area (Å²) >= 11 is 0. The van der Waals surface area contributed by atoms with Gasteiger partial charge in [-0.3, -0.25) is 14.9 Å². The minimum atomic E-state index is -0.252. The van der Waals surface area contributed by atoms with Gasteiger partial charge >= 0.3 is 0 Å². The molecule has 0 fully saturated rings. The quantitative estimate of drug-likeness (QED) is 0.775. The van der Waals surface area contributed by atoms with Crippen molar-refractivity contribution in [3.05, 3.63) is 60.6 Å². The van der Waals surface area contributed by atoms with Crippen molar-refractivity contribution in [1.29, 1.82) is 0 Å². The van der Waals surface area contributed by atoms with E-state index in [0.29, 0.717) is 17.1 Å². The maximum atomic E-state index is 12.2. The van der Waals surface area contributed by atoms with E-state index < -0.39 is 0 Å². The number of pyridine rings is 1. The van der Waals surface area contributed by atoms with Gasteiger partial charge in [-0.25, -0.2) is 0 Å². The molecule has 3 rings (SSSR count). The summed E-state index contributed by atoms with van der Waals surface area (Å²) in [5.41, 5.74) is 2.67. The Morgan fingerprint density at radius 2 is 1.86 bits per heavy atom. The molecule has 0 aliphatic heterocycles. The molecule has 1 aromatic carbocycles. The number of benzene rings is 1. The van der Waals surface area contributed by atoms with E-state index in [1.807, 2.05) is 12.1 Å². The second kappa shape index (κ2) is 6.09. The molecule has 1 amide bonds. The fourth-order valence-corrected chi connectivity index (χ4v) is 1.98. The van der Waals surface area contributed by atoms with E-state index in [-0.39, 0.29) is 5.91 Å². The maximum absolute atomic E-state index is 12.2. The lowest BCUT2D eigenvalue weighted by molar-refractivity contribution is 0.102. The van der Waals surface area contributed by atoms with Gasteiger partial charge in [0.1, 0.15) is 11.4 Å². The van der Waals surface area contributed by atoms with Crippen LogP contribution in [0.3, 0.4) is 0 Å². The first-order valence-electron chi connectivity index (χ1n) is 6.67. The third kappa shape index (κ3) is 2.95. The first-order valence-corrected chi connectivity index (χ1v) is 6.67. The molecule has 6 nitrogen and oxygen atoms in total. The Bertz CT molecular complexity index is 766. The second-order valence-electron chi connectivity index (χ2n) is 4.59. The zero-order valence-electron chi connectivity index (χ0n) is 11.9. The summed E-state index contributed by atoms with van der Waals surface area (Å²) in [7, 11) is 1.60. The molecule has 0 bridgehead atoms. The van der Waals surface area contributed by atoms with Crippen LogP contribution in [0.25, 0.3) is 11.3 Å². The van der Waals surface area contributed by atoms with E-state index in [2.05, 4.69) is 20.5 Å². The van der Waals surface area contributed by atoms with Crippen LogP contribution in [0.4, 0.5) is 5.69 Å². The zero-order chi connectivity index (χ0) is 15.4. The minimum absolute atomic E-state index is 0.252. The summed E-state index contributed by atoms with van der Waals surface area (Å²) in [6.07, 6.45) is 3.36. The molecule has 110 valence electrons. The molecule has 0 saturated heterocycles. The van der Waals surface area contributed by atoms with E-state index in [1.54, 1.807) is 49.8 Å². The predicted octanol–water partition coefficient (Wildman–Crippen LogP) is 2.73. The number of aromatic nitrogens is 3. The first-order chi connectivity index (χ1) is 10.8. The molecule has 0 radical (unpaired) electrons. The van der Waals surface area contributed by atoms with Crippen molar-refractivity contribution in [2.24, 2.45) is 0 Å². The van der Waals surface area contributed by atoms with Crippen LogP contribution in [0.15, 0.2) is 54.9 Å². The third-order valence-corrected chi connectivity index (χ3v) is 3.15. The summed E-state index contributed by atoms with van der Waals surface area (Å²) in [6.45, 7) is 0. The number of aromatic amines is 1. The Hall–Kier alpha value is -3.15. The number of carbonyl (C=O) groups is 1. The lowest BCUT2D eigenvalue weighted by Gasteiger charge is -2.04. The summed E-state index contributed by atoms with van der Waals surface area (Å²) in [5.74, 6) is 0.484. The minimum Gasteiger partial charge on any atom is -0.497 e. The number of nitrogens with zero attached hydrogens (tertiary/aromatic N) is 2. The highest BCUT2D eigenvalue weighted by Crippen LogP contribution is 2.18. The van der Waals surface area contributed by atoms with Crippen LogP contribution in [0.2, 0.25) is 0 Å². The van der Waals surface area contributed by atoms with E-state index in [4.69, 9.17) is 4.74 Å². The van der Waals surface area contributed by atoms with Gasteiger partial charge in [0.25, 0.3) is 5.91 Å². The monoisotopic (exact) mass is 294 g/mol. The lowest BCUT2D eigenvalue weighted by Crippen LogP contribution is -2.12. The molecular weight excluding hydrogens is 280 g/mol. The Morgan fingerprint density at radius 3 is 2.55 bits per heavy atom. The third-order valence-electron chi connectivity index (χ3n) is 3.15. The second-order valence-corrected chi connectivity index (χ2v) is 4.59. The van der Waals surface area contributed by atoms with E-state index in [0.717, 1.165) is 11.3 Å². The lowest BCUT2D eigenvalue weighted by atomic mass is 10.2. The van der Waals surface area contributed by atoms with Gasteiger partial charge in [0, 0.05) is 23.6 Å². The Balaban J connectivity index is 1.74. The van der Waals surface area contributed by atoms with Crippen LogP contribution in [0.1, 0.15) is 10.5 Å². The van der Waals surface area contributed by atoms with Gasteiger partial charge in [0.2, 0.25) is 0 Å². The number of amides is 1. The van der Waals surface area contributed by atoms with Crippen LogP contribution < -0.4 is 10.1 Å². The molecule has 2 N–H and O–H groups in total. The van der Waals surface area contributed by atoms with Crippen molar-refractivity contribution in [3.63, 3.8) is 0 Å². The summed E-state index contributed by atoms with van der Waals surface area (Å²) < 4.78 is 5.08. The molecule has 0 atom stereocenters. The molecule has 22 heavy (non-hydrogen) atoms. The number of hydrogen-bond acceptors (Lipinski definition) is 4. The predicted molar refractivity (Wildman–Crippen MR) is 82.8 cm³/mol.